The van der Waals surface area contributed by atoms with Crippen molar-refractivity contribution in [3.8, 4) is 0 Å². The topological polar surface area (TPSA) is 87.5 Å². The number of nitrogens with zero attached hydrogens (tertiary/aromatic N) is 2. The molecule has 0 fully saturated rings. The number of aryl methyl sites for hydroxylation is 1. The first-order chi connectivity index (χ1) is 15.0. The highest BCUT2D eigenvalue weighted by Crippen LogP contribution is 2.34. The van der Waals surface area contributed by atoms with Crippen LogP contribution in [-0.2, 0) is 30.9 Å². The van der Waals surface area contributed by atoms with Crippen LogP contribution < -0.4 is 0 Å². The van der Waals surface area contributed by atoms with Gasteiger partial charge in [0.1, 0.15) is 4.90 Å². The van der Waals surface area contributed by atoms with E-state index in [1.807, 2.05) is 6.92 Å². The molecule has 0 aliphatic carbocycles. The summed E-state index contributed by atoms with van der Waals surface area (Å²) in [6, 6.07) is 11.7. The maximum Gasteiger partial charge on any atom is 0.337 e. The first-order valence-electron chi connectivity index (χ1n) is 9.68. The van der Waals surface area contributed by atoms with E-state index in [1.165, 1.54) is 22.4 Å². The number of ether oxygens (including phenoxy) is 2. The lowest BCUT2D eigenvalue weighted by Crippen LogP contribution is -2.36. The highest BCUT2D eigenvalue weighted by molar-refractivity contribution is 7.90. The Morgan fingerprint density at radius 3 is 2.69 bits per heavy atom. The molecule has 0 unspecified atom stereocenters. The van der Waals surface area contributed by atoms with Crippen LogP contribution in [0.4, 0.5) is 0 Å². The number of thiazole rings is 1. The molecule has 0 spiro atoms. The summed E-state index contributed by atoms with van der Waals surface area (Å²) >= 11 is 7.47. The van der Waals surface area contributed by atoms with E-state index in [-0.39, 0.29) is 11.5 Å². The summed E-state index contributed by atoms with van der Waals surface area (Å²) in [7, 11) is -2.75. The number of carbonyl (C=O) groups is 1. The molecule has 0 saturated heterocycles. The van der Waals surface area contributed by atoms with Gasteiger partial charge in [0.2, 0.25) is 0 Å². The van der Waals surface area contributed by atoms with Crippen molar-refractivity contribution >= 4 is 60.0 Å². The van der Waals surface area contributed by atoms with Crippen LogP contribution in [0.1, 0.15) is 24.5 Å². The predicted octanol–water partition coefficient (Wildman–Crippen LogP) is 4.92. The molecule has 0 amide bonds. The summed E-state index contributed by atoms with van der Waals surface area (Å²) in [5, 5.41) is 1.90. The fourth-order valence-corrected chi connectivity index (χ4v) is 6.57. The van der Waals surface area contributed by atoms with Crippen LogP contribution in [0.25, 0.3) is 21.1 Å². The molecule has 7 nitrogen and oxygen atoms in total. The summed E-state index contributed by atoms with van der Waals surface area (Å²) in [5.74, 6) is -0.559. The number of esters is 1. The Hall–Kier alpha value is -2.46. The van der Waals surface area contributed by atoms with E-state index in [1.54, 1.807) is 56.3 Å². The Balaban J connectivity index is 1.90. The van der Waals surface area contributed by atoms with Crippen LogP contribution in [0.15, 0.2) is 47.4 Å². The van der Waals surface area contributed by atoms with Crippen LogP contribution in [0.5, 0.6) is 0 Å². The van der Waals surface area contributed by atoms with Gasteiger partial charge in [-0.1, -0.05) is 17.7 Å². The summed E-state index contributed by atoms with van der Waals surface area (Å²) < 4.78 is 40.2. The second-order valence-electron chi connectivity index (χ2n) is 7.74. The van der Waals surface area contributed by atoms with Crippen molar-refractivity contribution in [1.29, 1.82) is 0 Å². The van der Waals surface area contributed by atoms with Crippen LogP contribution in [0, 0.1) is 6.92 Å². The average Bonchev–Trinajstić information content (AvgIpc) is 3.30. The molecule has 10 heteroatoms. The minimum Gasteiger partial charge on any atom is -0.467 e. The zero-order chi connectivity index (χ0) is 23.3. The largest absolute Gasteiger partial charge is 0.467 e. The lowest BCUT2D eigenvalue weighted by atomic mass is 10.1. The Morgan fingerprint density at radius 2 is 1.97 bits per heavy atom. The molecule has 4 aromatic rings. The average molecular weight is 493 g/mol. The van der Waals surface area contributed by atoms with Gasteiger partial charge in [-0.05, 0) is 57.2 Å². The lowest BCUT2D eigenvalue weighted by Gasteiger charge is -2.22. The summed E-state index contributed by atoms with van der Waals surface area (Å²) in [6.45, 7) is 4.84. The van der Waals surface area contributed by atoms with Gasteiger partial charge in [-0.15, -0.1) is 11.3 Å². The van der Waals surface area contributed by atoms with Gasteiger partial charge in [-0.25, -0.2) is 22.2 Å². The lowest BCUT2D eigenvalue weighted by molar-refractivity contribution is -0.166. The number of methoxy groups -OCH3 is 1. The highest BCUT2D eigenvalue weighted by atomic mass is 35.5. The molecular weight excluding hydrogens is 472 g/mol. The number of hydrogen-bond donors (Lipinski definition) is 0. The van der Waals surface area contributed by atoms with E-state index in [9.17, 15) is 13.2 Å². The monoisotopic (exact) mass is 492 g/mol. The Labute approximate surface area is 194 Å². The fourth-order valence-electron chi connectivity index (χ4n) is 3.50. The minimum atomic E-state index is -4.02. The van der Waals surface area contributed by atoms with Crippen molar-refractivity contribution < 1.29 is 22.7 Å². The Kier molecular flexibility index (Phi) is 5.79. The van der Waals surface area contributed by atoms with E-state index >= 15 is 0 Å². The van der Waals surface area contributed by atoms with Crippen molar-refractivity contribution in [2.45, 2.75) is 37.9 Å². The minimum absolute atomic E-state index is 0.134. The van der Waals surface area contributed by atoms with Gasteiger partial charge < -0.3 is 9.47 Å². The van der Waals surface area contributed by atoms with E-state index < -0.39 is 21.6 Å². The predicted molar refractivity (Wildman–Crippen MR) is 125 cm³/mol. The third-order valence-corrected chi connectivity index (χ3v) is 8.25. The van der Waals surface area contributed by atoms with E-state index in [2.05, 4.69) is 4.98 Å². The second kappa shape index (κ2) is 8.15. The summed E-state index contributed by atoms with van der Waals surface area (Å²) in [5.41, 5.74) is 0.184. The number of carbonyl (C=O) groups excluding carboxylic acids is 1. The fraction of sp³-hybridized carbons (Fsp3) is 0.273. The number of benzene rings is 2. The van der Waals surface area contributed by atoms with E-state index in [0.29, 0.717) is 31.8 Å². The van der Waals surface area contributed by atoms with Crippen LogP contribution in [0.2, 0.25) is 5.02 Å². The zero-order valence-corrected chi connectivity index (χ0v) is 20.3. The Bertz CT molecular complexity index is 1450. The standard InChI is InChI=1S/C22H21ClN2O5S2/c1-13-24-17-6-5-7-19(20(17)31-13)32(27,28)25-16(12-30-22(2,3)21(26)29-4)11-14-10-15(23)8-9-18(14)25/h5-11H,12H2,1-4H3. The Morgan fingerprint density at radius 1 is 1.22 bits per heavy atom. The quantitative estimate of drug-likeness (QED) is 0.355. The van der Waals surface area contributed by atoms with E-state index in [4.69, 9.17) is 21.1 Å². The third kappa shape index (κ3) is 3.90. The first kappa shape index (κ1) is 22.7. The number of rotatable bonds is 6. The van der Waals surface area contributed by atoms with Crippen LogP contribution in [-0.4, -0.2) is 36.1 Å². The highest BCUT2D eigenvalue weighted by Gasteiger charge is 2.32. The molecule has 168 valence electrons. The molecule has 2 aromatic carbocycles. The van der Waals surface area contributed by atoms with Crippen molar-refractivity contribution in [2.24, 2.45) is 0 Å². The number of halogens is 1. The molecule has 0 aliphatic rings. The number of fused-ring (bicyclic) bond motifs is 2. The van der Waals surface area contributed by atoms with Gasteiger partial charge in [0.05, 0.1) is 40.2 Å². The maximum absolute atomic E-state index is 13.9. The van der Waals surface area contributed by atoms with Gasteiger partial charge >= 0.3 is 5.97 Å². The van der Waals surface area contributed by atoms with E-state index in [0.717, 1.165) is 5.01 Å². The number of hydrogen-bond acceptors (Lipinski definition) is 7. The molecule has 0 atom stereocenters. The van der Waals surface area contributed by atoms with Crippen molar-refractivity contribution in [3.63, 3.8) is 0 Å². The molecule has 32 heavy (non-hydrogen) atoms. The first-order valence-corrected chi connectivity index (χ1v) is 12.3. The smallest absolute Gasteiger partial charge is 0.337 e. The van der Waals surface area contributed by atoms with Crippen molar-refractivity contribution in [3.05, 3.63) is 58.2 Å². The molecule has 4 rings (SSSR count). The molecule has 0 aliphatic heterocycles. The molecule has 0 saturated carbocycles. The van der Waals surface area contributed by atoms with Crippen LogP contribution in [0.3, 0.4) is 0 Å². The second-order valence-corrected chi connectivity index (χ2v) is 11.1. The third-order valence-electron chi connectivity index (χ3n) is 5.05. The molecular formula is C22H21ClN2O5S2. The molecule has 0 radical (unpaired) electrons. The SMILES string of the molecule is COC(=O)C(C)(C)OCc1cc2cc(Cl)ccc2n1S(=O)(=O)c1cccc2nc(C)sc12. The normalized spacial score (nSPS) is 12.5. The maximum atomic E-state index is 13.9. The van der Waals surface area contributed by atoms with Crippen LogP contribution >= 0.6 is 22.9 Å². The van der Waals surface area contributed by atoms with Gasteiger partial charge in [0, 0.05) is 10.4 Å². The number of aromatic nitrogens is 2. The molecule has 2 heterocycles. The molecule has 2 aromatic heterocycles. The zero-order valence-electron chi connectivity index (χ0n) is 17.9. The summed E-state index contributed by atoms with van der Waals surface area (Å²) in [4.78, 5) is 16.6. The van der Waals surface area contributed by atoms with Crippen molar-refractivity contribution in [1.82, 2.24) is 8.96 Å². The van der Waals surface area contributed by atoms with Gasteiger partial charge in [0.15, 0.2) is 5.60 Å². The van der Waals surface area contributed by atoms with Gasteiger partial charge in [-0.3, -0.25) is 0 Å². The molecule has 0 N–H and O–H groups in total. The van der Waals surface area contributed by atoms with Crippen molar-refractivity contribution in [2.75, 3.05) is 7.11 Å². The van der Waals surface area contributed by atoms with Gasteiger partial charge in [0.25, 0.3) is 10.0 Å². The molecule has 0 bridgehead atoms. The summed E-state index contributed by atoms with van der Waals surface area (Å²) in [6.07, 6.45) is 0. The van der Waals surface area contributed by atoms with Gasteiger partial charge in [-0.2, -0.15) is 0 Å².